The Morgan fingerprint density at radius 1 is 1.57 bits per heavy atom. The van der Waals surface area contributed by atoms with Gasteiger partial charge in [-0.3, -0.25) is 0 Å². The van der Waals surface area contributed by atoms with E-state index in [1.807, 2.05) is 0 Å². The van der Waals surface area contributed by atoms with Gasteiger partial charge in [0.2, 0.25) is 0 Å². The molecule has 0 aromatic heterocycles. The van der Waals surface area contributed by atoms with Gasteiger partial charge in [0.15, 0.2) is 0 Å². The van der Waals surface area contributed by atoms with Crippen molar-refractivity contribution in [1.29, 1.82) is 0 Å². The molecular formula is C7H26. The normalized spacial score (nSPS) is 6.57. The van der Waals surface area contributed by atoms with E-state index in [0.717, 1.165) is 0 Å². The predicted octanol–water partition coefficient (Wildman–Crippen LogP) is 4.21. The van der Waals surface area contributed by atoms with Crippen LogP contribution in [0.5, 0.6) is 0 Å². The fourth-order valence-corrected chi connectivity index (χ4v) is 0. The van der Waals surface area contributed by atoms with Crippen LogP contribution in [-0.4, -0.2) is 0 Å². The highest BCUT2D eigenvalue weighted by Crippen LogP contribution is 1.56. The summed E-state index contributed by atoms with van der Waals surface area (Å²) in [6.45, 7) is 4.25. The summed E-state index contributed by atoms with van der Waals surface area (Å²) < 4.78 is 21.8. The molecule has 0 saturated heterocycles. The maximum atomic E-state index is 5.88. The lowest BCUT2D eigenvalue weighted by molar-refractivity contribution is 1.09. The highest BCUT2D eigenvalue weighted by atomic mass is 13.4. The third-order valence-corrected chi connectivity index (χ3v) is 0. The van der Waals surface area contributed by atoms with E-state index in [1.54, 1.807) is 0 Å². The average molecular weight is 117 g/mol. The van der Waals surface area contributed by atoms with Crippen molar-refractivity contribution in [3.8, 4) is 0 Å². The summed E-state index contributed by atoms with van der Waals surface area (Å²) in [7, 11) is -0.250. The van der Waals surface area contributed by atoms with Crippen LogP contribution in [0.25, 0.3) is 0 Å². The summed E-state index contributed by atoms with van der Waals surface area (Å²) in [5.74, 6) is 0. The van der Waals surface area contributed by atoms with Gasteiger partial charge in [0.05, 0.1) is 0 Å². The van der Waals surface area contributed by atoms with Gasteiger partial charge in [-0.15, -0.1) is 0 Å². The van der Waals surface area contributed by atoms with E-state index in [0.29, 0.717) is 0 Å². The van der Waals surface area contributed by atoms with Crippen molar-refractivity contribution >= 4 is 0 Å². The first kappa shape index (κ1) is 10.1. The second-order valence-electron chi connectivity index (χ2n) is 0.707. The van der Waals surface area contributed by atoms with Crippen molar-refractivity contribution in [2.45, 2.75) is 49.9 Å². The van der Waals surface area contributed by atoms with Crippen LogP contribution in [0.4, 0.5) is 0 Å². The van der Waals surface area contributed by atoms with E-state index >= 15 is 0 Å². The Hall–Kier alpha value is 0. The molecule has 0 radical (unpaired) electrons. The van der Waals surface area contributed by atoms with E-state index in [2.05, 4.69) is 13.8 Å². The van der Waals surface area contributed by atoms with Crippen LogP contribution in [0.1, 0.15) is 55.6 Å². The maximum absolute atomic E-state index is 5.88. The quantitative estimate of drug-likeness (QED) is 0.446. The van der Waals surface area contributed by atoms with Gasteiger partial charge in [-0.1, -0.05) is 49.9 Å². The van der Waals surface area contributed by atoms with Gasteiger partial charge >= 0.3 is 0 Å². The molecule has 0 aliphatic heterocycles. The Balaban J connectivity index is -0.00000000764. The van der Waals surface area contributed by atoms with Crippen molar-refractivity contribution in [1.82, 2.24) is 0 Å². The minimum Gasteiger partial charge on any atom is -0.0776 e. The molecule has 0 nitrogen and oxygen atoms in total. The largest absolute Gasteiger partial charge is 0.0776 e. The molecule has 0 rings (SSSR count). The summed E-state index contributed by atoms with van der Waals surface area (Å²) in [5, 5.41) is 0. The molecule has 0 amide bonds. The van der Waals surface area contributed by atoms with Gasteiger partial charge in [-0.2, -0.15) is 0 Å². The van der Waals surface area contributed by atoms with Gasteiger partial charge in [-0.05, 0) is 0 Å². The van der Waals surface area contributed by atoms with Crippen molar-refractivity contribution in [2.24, 2.45) is 0 Å². The Kier molecular flexibility index (Phi) is 216. The van der Waals surface area contributed by atoms with Crippen LogP contribution in [0.3, 0.4) is 0 Å². The third-order valence-electron chi connectivity index (χ3n) is 0. The molecule has 54 valence electrons. The monoisotopic (exact) mass is 117 g/mol. The molecule has 0 N–H and O–H groups in total. The molecule has 0 bridgehead atoms. The Bertz CT molecular complexity index is 12.4. The molecule has 0 atom stereocenters. The molecule has 0 unspecified atom stereocenters. The third kappa shape index (κ3) is 0. The minimum absolute atomic E-state index is 0. The SMILES string of the molecule is C.C.C.CCC.[2H][3H].[3H]C[3H]. The highest BCUT2D eigenvalue weighted by Gasteiger charge is 1.35. The van der Waals surface area contributed by atoms with Gasteiger partial charge in [0.25, 0.3) is 0 Å². The summed E-state index contributed by atoms with van der Waals surface area (Å²) in [5.41, 5.74) is 0. The summed E-state index contributed by atoms with van der Waals surface area (Å²) >= 11 is 0. The van der Waals surface area contributed by atoms with Crippen LogP contribution < -0.4 is 0 Å². The van der Waals surface area contributed by atoms with E-state index in [1.165, 1.54) is 6.42 Å². The molecule has 0 aromatic carbocycles. The first-order valence-corrected chi connectivity index (χ1v) is 1.41. The smallest absolute Gasteiger partial charge is 0.0194 e. The lowest BCUT2D eigenvalue weighted by Crippen LogP contribution is -1.27. The van der Waals surface area contributed by atoms with E-state index in [9.17, 15) is 0 Å². The lowest BCUT2D eigenvalue weighted by Gasteiger charge is -1.48. The summed E-state index contributed by atoms with van der Waals surface area (Å²) in [6.07, 6.45) is 1.25. The van der Waals surface area contributed by atoms with Crippen LogP contribution in [0.15, 0.2) is 0 Å². The van der Waals surface area contributed by atoms with Crippen LogP contribution in [0.2, 0.25) is 0 Å². The lowest BCUT2D eigenvalue weighted by atomic mass is 10.6. The van der Waals surface area contributed by atoms with Gasteiger partial charge in [0, 0.05) is 5.71 Å². The van der Waals surface area contributed by atoms with E-state index in [-0.39, 0.29) is 29.7 Å². The van der Waals surface area contributed by atoms with Crippen molar-refractivity contribution in [3.63, 3.8) is 0 Å². The molecule has 0 aliphatic carbocycles. The standard InChI is InChI=1S/C3H8.4CH4.H2/c1-3-2;;;;;/h3H2,1-2H3;4*1H4;1H/i;1T2;;;;1+2D. The fraction of sp³-hybridized carbons (Fsp3) is 1.00. The number of hydrogen-bond acceptors (Lipinski definition) is 0. The summed E-state index contributed by atoms with van der Waals surface area (Å²) in [6, 6.07) is 0. The van der Waals surface area contributed by atoms with Crippen LogP contribution in [0, 0.1) is 0 Å². The Morgan fingerprint density at radius 3 is 1.57 bits per heavy atom. The second-order valence-corrected chi connectivity index (χ2v) is 0.707. The predicted molar refractivity (Wildman–Crippen MR) is 45.0 cm³/mol. The second kappa shape index (κ2) is 150. The molecule has 7 heavy (non-hydrogen) atoms. The van der Waals surface area contributed by atoms with Gasteiger partial charge in [0.1, 0.15) is 0 Å². The van der Waals surface area contributed by atoms with Crippen molar-refractivity contribution in [2.75, 3.05) is 0 Å². The summed E-state index contributed by atoms with van der Waals surface area (Å²) in [4.78, 5) is 0. The van der Waals surface area contributed by atoms with E-state index in [4.69, 9.17) is 5.71 Å². The number of hydrogen-bond donors (Lipinski definition) is 0. The van der Waals surface area contributed by atoms with Gasteiger partial charge in [-0.25, -0.2) is 0 Å². The van der Waals surface area contributed by atoms with Crippen LogP contribution >= 0.6 is 0 Å². The highest BCUT2D eigenvalue weighted by molar-refractivity contribution is 3.92. The van der Waals surface area contributed by atoms with Crippen LogP contribution in [-0.2, 0) is 0 Å². The molecule has 0 spiro atoms. The Labute approximate surface area is 56.8 Å². The van der Waals surface area contributed by atoms with Crippen molar-refractivity contribution < 1.29 is 5.71 Å². The zero-order valence-electron chi connectivity index (χ0n) is 7.41. The first-order chi connectivity index (χ1) is 3.83. The molecule has 0 saturated carbocycles. The first-order valence-electron chi connectivity index (χ1n) is 3.83. The average Bonchev–Trinajstić information content (AvgIpc) is 1.75. The number of rotatable bonds is 0. The topological polar surface area (TPSA) is 0 Å². The molecule has 0 aromatic rings. The fourth-order valence-electron chi connectivity index (χ4n) is 0. The molecule has 0 heteroatoms. The Morgan fingerprint density at radius 2 is 1.57 bits per heavy atom. The molecule has 0 fully saturated rings. The molecule has 0 heterocycles. The zero-order chi connectivity index (χ0) is 7.41. The molecule has 0 aliphatic rings. The minimum atomic E-state index is -0.250. The van der Waals surface area contributed by atoms with E-state index < -0.39 is 0 Å². The zero-order valence-corrected chi connectivity index (χ0v) is 3.41. The molecular weight excluding hydrogens is 84.1 g/mol. The maximum Gasteiger partial charge on any atom is 0.0194 e. The van der Waals surface area contributed by atoms with Gasteiger partial charge < -0.3 is 0 Å². The van der Waals surface area contributed by atoms with Crippen molar-refractivity contribution in [3.05, 3.63) is 0 Å².